The highest BCUT2D eigenvalue weighted by atomic mass is 28.3. The first-order valence-electron chi connectivity index (χ1n) is 15.4. The number of hydrogen-bond donors (Lipinski definition) is 3. The highest BCUT2D eigenvalue weighted by molar-refractivity contribution is 6.76. The van der Waals surface area contributed by atoms with Crippen LogP contribution in [0.15, 0.2) is 37.1 Å². The van der Waals surface area contributed by atoms with Crippen molar-refractivity contribution >= 4 is 53.8 Å². The number of hydrogen-bond acceptors (Lipinski definition) is 9. The summed E-state index contributed by atoms with van der Waals surface area (Å²) in [6.45, 7) is 13.4. The molecule has 12 heteroatoms. The van der Waals surface area contributed by atoms with Crippen LogP contribution in [-0.4, -0.2) is 86.9 Å². The van der Waals surface area contributed by atoms with Crippen LogP contribution in [0.2, 0.25) is 25.7 Å². The van der Waals surface area contributed by atoms with Crippen LogP contribution in [0.4, 0.5) is 28.8 Å². The van der Waals surface area contributed by atoms with Gasteiger partial charge in [0.2, 0.25) is 11.9 Å². The number of carbonyl (C=O) groups is 1. The Labute approximate surface area is 262 Å². The van der Waals surface area contributed by atoms with Crippen LogP contribution >= 0.6 is 0 Å². The minimum atomic E-state index is -1.19. The van der Waals surface area contributed by atoms with E-state index in [-0.39, 0.29) is 11.4 Å². The molecule has 2 bridgehead atoms. The first-order valence-corrected chi connectivity index (χ1v) is 19.1. The van der Waals surface area contributed by atoms with Crippen molar-refractivity contribution in [2.45, 2.75) is 57.2 Å². The first-order chi connectivity index (χ1) is 20.9. The van der Waals surface area contributed by atoms with E-state index in [9.17, 15) is 4.79 Å². The molecule has 0 radical (unpaired) electrons. The number of methoxy groups -OCH3 is 1. The van der Waals surface area contributed by atoms with E-state index in [4.69, 9.17) is 19.4 Å². The van der Waals surface area contributed by atoms with Gasteiger partial charge in [-0.25, -0.2) is 0 Å². The summed E-state index contributed by atoms with van der Waals surface area (Å²) in [6, 6.07) is 6.96. The molecule has 3 aliphatic carbocycles. The van der Waals surface area contributed by atoms with Gasteiger partial charge in [0.05, 0.1) is 29.6 Å². The van der Waals surface area contributed by atoms with E-state index in [1.54, 1.807) is 7.11 Å². The molecule has 0 unspecified atom stereocenters. The Balaban J connectivity index is 1.48. The van der Waals surface area contributed by atoms with E-state index in [2.05, 4.69) is 58.0 Å². The molecule has 3 fully saturated rings. The van der Waals surface area contributed by atoms with Crippen LogP contribution in [0.1, 0.15) is 19.3 Å². The van der Waals surface area contributed by atoms with Crippen molar-refractivity contribution in [3.8, 4) is 5.75 Å². The lowest BCUT2D eigenvalue weighted by atomic mass is 9.50. The quantitative estimate of drug-likeness (QED) is 0.107. The van der Waals surface area contributed by atoms with Crippen LogP contribution in [0.3, 0.4) is 0 Å². The van der Waals surface area contributed by atoms with Crippen molar-refractivity contribution in [2.24, 2.45) is 5.92 Å². The molecular weight excluding hydrogens is 572 g/mol. The highest BCUT2D eigenvalue weighted by Crippen LogP contribution is 2.58. The van der Waals surface area contributed by atoms with E-state index in [1.807, 2.05) is 44.0 Å². The van der Waals surface area contributed by atoms with Crippen LogP contribution in [0.5, 0.6) is 5.75 Å². The Hall–Kier alpha value is -3.61. The van der Waals surface area contributed by atoms with Crippen LogP contribution < -0.4 is 25.6 Å². The van der Waals surface area contributed by atoms with Crippen molar-refractivity contribution in [1.29, 1.82) is 0 Å². The molecule has 1 amide bonds. The summed E-state index contributed by atoms with van der Waals surface area (Å²) in [5, 5.41) is 11.1. The van der Waals surface area contributed by atoms with Crippen molar-refractivity contribution in [2.75, 3.05) is 68.8 Å². The van der Waals surface area contributed by atoms with E-state index in [0.717, 1.165) is 54.2 Å². The van der Waals surface area contributed by atoms with Gasteiger partial charge >= 0.3 is 0 Å². The predicted octanol–water partition coefficient (Wildman–Crippen LogP) is 5.58. The van der Waals surface area contributed by atoms with Crippen molar-refractivity contribution < 1.29 is 14.3 Å². The molecule has 0 saturated heterocycles. The number of likely N-dealkylation sites (N-methyl/N-ethyl adjacent to an activating group) is 2. The zero-order valence-corrected chi connectivity index (χ0v) is 28.3. The van der Waals surface area contributed by atoms with E-state index in [1.165, 1.54) is 25.3 Å². The third-order valence-electron chi connectivity index (χ3n) is 8.57. The van der Waals surface area contributed by atoms with Crippen molar-refractivity contribution in [3.05, 3.63) is 37.1 Å². The van der Waals surface area contributed by atoms with Gasteiger partial charge in [-0.15, -0.1) is 0 Å². The Kier molecular flexibility index (Phi) is 9.24. The average Bonchev–Trinajstić information content (AvgIpc) is 3.33. The maximum atomic E-state index is 12.4. The van der Waals surface area contributed by atoms with E-state index >= 15 is 0 Å². The Bertz CT molecular complexity index is 1500. The summed E-state index contributed by atoms with van der Waals surface area (Å²) < 4.78 is 14.0. The van der Waals surface area contributed by atoms with E-state index in [0.29, 0.717) is 29.8 Å². The molecule has 44 heavy (non-hydrogen) atoms. The highest BCUT2D eigenvalue weighted by Gasteiger charge is 2.57. The zero-order chi connectivity index (χ0) is 31.6. The number of nitrogens with one attached hydrogen (secondary N) is 3. The fraction of sp³-hybridized carbons (Fsp3) is 0.531. The SMILES string of the molecule is C=CC(=O)Nc1cc(Nc2nc(NC34CC(C3)C4)c3ccn(COCC[Si](C)(C)C)c3n2)c(OC)cc1N(C)CCN(C)C. The second-order valence-electron chi connectivity index (χ2n) is 13.8. The molecule has 11 nitrogen and oxygen atoms in total. The number of carbonyl (C=O) groups excluding carboxylic acids is 1. The Morgan fingerprint density at radius 3 is 2.52 bits per heavy atom. The van der Waals surface area contributed by atoms with Gasteiger partial charge in [-0.2, -0.15) is 9.97 Å². The molecule has 3 saturated carbocycles. The number of anilines is 5. The molecule has 0 aliphatic heterocycles. The summed E-state index contributed by atoms with van der Waals surface area (Å²) >= 11 is 0. The monoisotopic (exact) mass is 620 g/mol. The third kappa shape index (κ3) is 7.19. The van der Waals surface area contributed by atoms with Gasteiger partial charge in [0.15, 0.2) is 0 Å². The number of benzene rings is 1. The van der Waals surface area contributed by atoms with Gasteiger partial charge in [0.1, 0.15) is 23.9 Å². The topological polar surface area (TPSA) is 109 Å². The standard InChI is InChI=1S/C32H48N8O3Si/c1-9-28(41)33-24-16-25(27(42-5)17-26(24)39(4)13-12-38(2)3)34-31-35-29(37-32-18-22(19-32)20-32)23-10-11-40(30(23)36-31)21-43-14-15-44(6,7)8/h9-11,16-17,22H,1,12-15,18-21H2,2-8H3,(H,33,41)(H2,34,35,36,37). The minimum absolute atomic E-state index is 0.137. The molecular formula is C32H48N8O3Si. The second-order valence-corrected chi connectivity index (χ2v) is 19.4. The molecule has 1 aromatic carbocycles. The molecule has 3 aliphatic rings. The Morgan fingerprint density at radius 1 is 1.16 bits per heavy atom. The molecule has 2 heterocycles. The largest absolute Gasteiger partial charge is 0.494 e. The number of aromatic nitrogens is 3. The van der Waals surface area contributed by atoms with Crippen molar-refractivity contribution in [3.63, 3.8) is 0 Å². The first kappa shape index (κ1) is 31.8. The molecule has 238 valence electrons. The molecule has 6 rings (SSSR count). The van der Waals surface area contributed by atoms with Gasteiger partial charge in [-0.1, -0.05) is 26.2 Å². The normalized spacial score (nSPS) is 18.9. The lowest BCUT2D eigenvalue weighted by Gasteiger charge is -2.62. The number of nitrogens with zero attached hydrogens (tertiary/aromatic N) is 5. The van der Waals surface area contributed by atoms with Gasteiger partial charge in [-0.3, -0.25) is 4.79 Å². The maximum absolute atomic E-state index is 12.4. The smallest absolute Gasteiger partial charge is 0.247 e. The summed E-state index contributed by atoms with van der Waals surface area (Å²) in [5.74, 6) is 2.40. The molecule has 3 N–H and O–H groups in total. The number of rotatable bonds is 16. The van der Waals surface area contributed by atoms with Gasteiger partial charge < -0.3 is 39.8 Å². The summed E-state index contributed by atoms with van der Waals surface area (Å²) in [5.41, 5.74) is 3.03. The van der Waals surface area contributed by atoms with Crippen LogP contribution in [0, 0.1) is 5.92 Å². The summed E-state index contributed by atoms with van der Waals surface area (Å²) in [4.78, 5) is 26.5. The number of ether oxygens (including phenoxy) is 2. The molecule has 0 atom stereocenters. The molecule has 3 aromatic rings. The zero-order valence-electron chi connectivity index (χ0n) is 27.3. The fourth-order valence-electron chi connectivity index (χ4n) is 5.77. The van der Waals surface area contributed by atoms with Gasteiger partial charge in [0.25, 0.3) is 0 Å². The molecule has 0 spiro atoms. The maximum Gasteiger partial charge on any atom is 0.247 e. The Morgan fingerprint density at radius 2 is 1.91 bits per heavy atom. The minimum Gasteiger partial charge on any atom is -0.494 e. The van der Waals surface area contributed by atoms with Gasteiger partial charge in [0, 0.05) is 52.6 Å². The van der Waals surface area contributed by atoms with Gasteiger partial charge in [-0.05, 0) is 63.5 Å². The van der Waals surface area contributed by atoms with E-state index < -0.39 is 8.07 Å². The molecule has 2 aromatic heterocycles. The summed E-state index contributed by atoms with van der Waals surface area (Å²) in [7, 11) is 6.50. The summed E-state index contributed by atoms with van der Waals surface area (Å²) in [6.07, 6.45) is 6.84. The number of amides is 1. The van der Waals surface area contributed by atoms with Crippen LogP contribution in [0.25, 0.3) is 11.0 Å². The lowest BCUT2D eigenvalue weighted by Crippen LogP contribution is -2.63. The van der Waals surface area contributed by atoms with Crippen molar-refractivity contribution in [1.82, 2.24) is 19.4 Å². The average molecular weight is 621 g/mol. The lowest BCUT2D eigenvalue weighted by molar-refractivity contribution is -0.111. The second kappa shape index (κ2) is 12.8. The fourth-order valence-corrected chi connectivity index (χ4v) is 6.53. The predicted molar refractivity (Wildman–Crippen MR) is 182 cm³/mol. The van der Waals surface area contributed by atoms with Crippen LogP contribution in [-0.2, 0) is 16.3 Å². The third-order valence-corrected chi connectivity index (χ3v) is 10.3. The number of fused-ring (bicyclic) bond motifs is 1.